The van der Waals surface area contributed by atoms with E-state index in [-0.39, 0.29) is 23.6 Å². The normalized spacial score (nSPS) is 13.5. The molecule has 1 aliphatic rings. The Morgan fingerprint density at radius 3 is 2.10 bits per heavy atom. The second-order valence-corrected chi connectivity index (χ2v) is 6.71. The highest BCUT2D eigenvalue weighted by atomic mass is 16.5. The molecular formula is C22H24N2O6. The maximum atomic E-state index is 12.4. The Morgan fingerprint density at radius 1 is 0.867 bits per heavy atom. The topological polar surface area (TPSA) is 85.4 Å². The van der Waals surface area contributed by atoms with Crippen molar-refractivity contribution in [1.29, 1.82) is 0 Å². The van der Waals surface area contributed by atoms with Crippen molar-refractivity contribution in [3.05, 3.63) is 59.7 Å². The lowest BCUT2D eigenvalue weighted by Gasteiger charge is -2.36. The first-order chi connectivity index (χ1) is 14.5. The molecule has 1 fully saturated rings. The Balaban J connectivity index is 1.49. The van der Waals surface area contributed by atoms with Crippen molar-refractivity contribution in [2.75, 3.05) is 51.9 Å². The van der Waals surface area contributed by atoms with Crippen molar-refractivity contribution < 1.29 is 28.6 Å². The first-order valence-electron chi connectivity index (χ1n) is 9.54. The largest absolute Gasteiger partial charge is 0.497 e. The van der Waals surface area contributed by atoms with Crippen molar-refractivity contribution in [3.63, 3.8) is 0 Å². The number of esters is 2. The highest BCUT2D eigenvalue weighted by molar-refractivity contribution is 5.96. The van der Waals surface area contributed by atoms with Crippen LogP contribution in [0, 0.1) is 0 Å². The summed E-state index contributed by atoms with van der Waals surface area (Å²) in [6.07, 6.45) is 0. The van der Waals surface area contributed by atoms with Gasteiger partial charge in [-0.1, -0.05) is 6.07 Å². The van der Waals surface area contributed by atoms with E-state index in [1.165, 1.54) is 25.3 Å². The zero-order chi connectivity index (χ0) is 21.5. The fourth-order valence-corrected chi connectivity index (χ4v) is 3.20. The number of ether oxygens (including phenoxy) is 3. The number of benzene rings is 2. The molecular weight excluding hydrogens is 388 g/mol. The van der Waals surface area contributed by atoms with E-state index in [9.17, 15) is 14.4 Å². The van der Waals surface area contributed by atoms with Gasteiger partial charge in [0.05, 0.1) is 25.3 Å². The summed E-state index contributed by atoms with van der Waals surface area (Å²) in [5, 5.41) is 0. The predicted octanol–water partition coefficient (Wildman–Crippen LogP) is 1.99. The van der Waals surface area contributed by atoms with Gasteiger partial charge < -0.3 is 24.0 Å². The monoisotopic (exact) mass is 412 g/mol. The third-order valence-electron chi connectivity index (χ3n) is 4.92. The van der Waals surface area contributed by atoms with E-state index in [0.717, 1.165) is 11.4 Å². The van der Waals surface area contributed by atoms with E-state index in [1.807, 2.05) is 24.3 Å². The summed E-state index contributed by atoms with van der Waals surface area (Å²) >= 11 is 0. The lowest BCUT2D eigenvalue weighted by atomic mass is 10.1. The molecule has 1 saturated heterocycles. The molecule has 2 aromatic carbocycles. The Kier molecular flexibility index (Phi) is 6.90. The standard InChI is InChI=1S/C22H24N2O6/c1-28-19-8-6-18(7-9-19)23-10-12-24(13-11-23)20(25)15-30-22(27)17-5-3-4-16(14-17)21(26)29-2/h3-9,14H,10-13,15H2,1-2H3. The number of methoxy groups -OCH3 is 2. The summed E-state index contributed by atoms with van der Waals surface area (Å²) in [6.45, 7) is 2.12. The second kappa shape index (κ2) is 9.78. The highest BCUT2D eigenvalue weighted by Gasteiger charge is 2.22. The van der Waals surface area contributed by atoms with Gasteiger partial charge in [-0.05, 0) is 42.5 Å². The van der Waals surface area contributed by atoms with Crippen LogP contribution in [0.4, 0.5) is 5.69 Å². The van der Waals surface area contributed by atoms with Crippen LogP contribution < -0.4 is 9.64 Å². The molecule has 2 aromatic rings. The summed E-state index contributed by atoms with van der Waals surface area (Å²) in [6, 6.07) is 13.8. The fraction of sp³-hybridized carbons (Fsp3) is 0.318. The third kappa shape index (κ3) is 5.08. The third-order valence-corrected chi connectivity index (χ3v) is 4.92. The average molecular weight is 412 g/mol. The van der Waals surface area contributed by atoms with E-state index in [2.05, 4.69) is 9.64 Å². The molecule has 30 heavy (non-hydrogen) atoms. The lowest BCUT2D eigenvalue weighted by molar-refractivity contribution is -0.134. The van der Waals surface area contributed by atoms with Gasteiger partial charge >= 0.3 is 11.9 Å². The van der Waals surface area contributed by atoms with Gasteiger partial charge in [-0.15, -0.1) is 0 Å². The van der Waals surface area contributed by atoms with Crippen LogP contribution in [0.5, 0.6) is 5.75 Å². The minimum Gasteiger partial charge on any atom is -0.497 e. The van der Waals surface area contributed by atoms with E-state index in [1.54, 1.807) is 18.1 Å². The molecule has 1 amide bonds. The molecule has 0 saturated carbocycles. The van der Waals surface area contributed by atoms with Crippen molar-refractivity contribution in [3.8, 4) is 5.75 Å². The molecule has 0 radical (unpaired) electrons. The molecule has 8 nitrogen and oxygen atoms in total. The summed E-state index contributed by atoms with van der Waals surface area (Å²) in [7, 11) is 2.89. The zero-order valence-electron chi connectivity index (χ0n) is 17.0. The number of hydrogen-bond acceptors (Lipinski definition) is 7. The molecule has 8 heteroatoms. The molecule has 158 valence electrons. The van der Waals surface area contributed by atoms with Crippen molar-refractivity contribution in [1.82, 2.24) is 4.90 Å². The average Bonchev–Trinajstić information content (AvgIpc) is 2.82. The van der Waals surface area contributed by atoms with Crippen LogP contribution in [-0.4, -0.2) is 69.8 Å². The van der Waals surface area contributed by atoms with Gasteiger partial charge in [0.1, 0.15) is 5.75 Å². The molecule has 1 aliphatic heterocycles. The number of amides is 1. The molecule has 0 N–H and O–H groups in total. The van der Waals surface area contributed by atoms with Crippen LogP contribution in [0.25, 0.3) is 0 Å². The van der Waals surface area contributed by atoms with Gasteiger partial charge in [-0.3, -0.25) is 4.79 Å². The summed E-state index contributed by atoms with van der Waals surface area (Å²) in [5.74, 6) is -0.658. The Bertz CT molecular complexity index is 904. The van der Waals surface area contributed by atoms with E-state index in [0.29, 0.717) is 26.2 Å². The van der Waals surface area contributed by atoms with Crippen LogP contribution in [0.1, 0.15) is 20.7 Å². The molecule has 0 atom stereocenters. The Hall–Kier alpha value is -3.55. The number of anilines is 1. The molecule has 0 bridgehead atoms. The SMILES string of the molecule is COC(=O)c1cccc(C(=O)OCC(=O)N2CCN(c3ccc(OC)cc3)CC2)c1. The first-order valence-corrected chi connectivity index (χ1v) is 9.54. The van der Waals surface area contributed by atoms with E-state index < -0.39 is 11.9 Å². The van der Waals surface area contributed by atoms with E-state index >= 15 is 0 Å². The van der Waals surface area contributed by atoms with Crippen LogP contribution in [0.2, 0.25) is 0 Å². The summed E-state index contributed by atoms with van der Waals surface area (Å²) in [5.41, 5.74) is 1.50. The van der Waals surface area contributed by atoms with Gasteiger partial charge in [0.15, 0.2) is 6.61 Å². The number of piperazine rings is 1. The van der Waals surface area contributed by atoms with Crippen LogP contribution >= 0.6 is 0 Å². The second-order valence-electron chi connectivity index (χ2n) is 6.71. The molecule has 0 aromatic heterocycles. The van der Waals surface area contributed by atoms with Crippen molar-refractivity contribution in [2.24, 2.45) is 0 Å². The molecule has 0 aliphatic carbocycles. The number of hydrogen-bond donors (Lipinski definition) is 0. The predicted molar refractivity (Wildman–Crippen MR) is 110 cm³/mol. The quantitative estimate of drug-likeness (QED) is 0.671. The number of rotatable bonds is 6. The zero-order valence-corrected chi connectivity index (χ0v) is 17.0. The van der Waals surface area contributed by atoms with Crippen LogP contribution in [-0.2, 0) is 14.3 Å². The molecule has 3 rings (SSSR count). The Morgan fingerprint density at radius 2 is 1.50 bits per heavy atom. The van der Waals surface area contributed by atoms with Gasteiger partial charge in [-0.2, -0.15) is 0 Å². The lowest BCUT2D eigenvalue weighted by Crippen LogP contribution is -2.49. The molecule has 1 heterocycles. The maximum Gasteiger partial charge on any atom is 0.338 e. The van der Waals surface area contributed by atoms with Crippen molar-refractivity contribution >= 4 is 23.5 Å². The van der Waals surface area contributed by atoms with Crippen LogP contribution in [0.3, 0.4) is 0 Å². The maximum absolute atomic E-state index is 12.4. The first kappa shape index (κ1) is 21.2. The minimum atomic E-state index is -0.661. The highest BCUT2D eigenvalue weighted by Crippen LogP contribution is 2.20. The van der Waals surface area contributed by atoms with Gasteiger partial charge in [0, 0.05) is 31.9 Å². The summed E-state index contributed by atoms with van der Waals surface area (Å²) < 4.78 is 14.9. The van der Waals surface area contributed by atoms with Gasteiger partial charge in [0.25, 0.3) is 5.91 Å². The van der Waals surface area contributed by atoms with Crippen LogP contribution in [0.15, 0.2) is 48.5 Å². The smallest absolute Gasteiger partial charge is 0.338 e. The molecule has 0 spiro atoms. The number of carbonyl (C=O) groups excluding carboxylic acids is 3. The van der Waals surface area contributed by atoms with Gasteiger partial charge in [0.2, 0.25) is 0 Å². The van der Waals surface area contributed by atoms with Gasteiger partial charge in [-0.25, -0.2) is 9.59 Å². The Labute approximate surface area is 174 Å². The number of carbonyl (C=O) groups is 3. The van der Waals surface area contributed by atoms with E-state index in [4.69, 9.17) is 9.47 Å². The summed E-state index contributed by atoms with van der Waals surface area (Å²) in [4.78, 5) is 40.1. The van der Waals surface area contributed by atoms with Crippen molar-refractivity contribution in [2.45, 2.75) is 0 Å². The molecule has 0 unspecified atom stereocenters. The minimum absolute atomic E-state index is 0.190. The number of nitrogens with zero attached hydrogens (tertiary/aromatic N) is 2. The fourth-order valence-electron chi connectivity index (χ4n) is 3.20.